The van der Waals surface area contributed by atoms with Gasteiger partial charge in [-0.05, 0) is 36.1 Å². The topological polar surface area (TPSA) is 43.1 Å². The van der Waals surface area contributed by atoms with Crippen LogP contribution in [0.15, 0.2) is 30.3 Å². The Hall–Kier alpha value is -1.61. The number of hydrogen-bond acceptors (Lipinski definition) is 3. The van der Waals surface area contributed by atoms with Gasteiger partial charge >= 0.3 is 0 Å². The number of thiophene rings is 1. The summed E-state index contributed by atoms with van der Waals surface area (Å²) in [5.74, 6) is 0.0605. The van der Waals surface area contributed by atoms with E-state index < -0.39 is 0 Å². The summed E-state index contributed by atoms with van der Waals surface area (Å²) in [6, 6.07) is 9.44. The molecule has 1 heterocycles. The van der Waals surface area contributed by atoms with Gasteiger partial charge in [-0.15, -0.1) is 11.3 Å². The van der Waals surface area contributed by atoms with Gasteiger partial charge in [0.05, 0.1) is 4.88 Å². The Balaban J connectivity index is 2.40. The van der Waals surface area contributed by atoms with Crippen LogP contribution in [0.1, 0.15) is 46.4 Å². The van der Waals surface area contributed by atoms with E-state index in [9.17, 15) is 4.79 Å². The molecule has 100 valence electrons. The first-order chi connectivity index (χ1) is 8.80. The van der Waals surface area contributed by atoms with Crippen molar-refractivity contribution in [1.29, 1.82) is 0 Å². The van der Waals surface area contributed by atoms with Crippen molar-refractivity contribution in [3.63, 3.8) is 0 Å². The third-order valence-corrected chi connectivity index (χ3v) is 4.70. The summed E-state index contributed by atoms with van der Waals surface area (Å²) in [6.45, 7) is 8.34. The number of carbonyl (C=O) groups is 1. The summed E-state index contributed by atoms with van der Waals surface area (Å²) >= 11 is 1.57. The lowest BCUT2D eigenvalue weighted by molar-refractivity contribution is 0.104. The van der Waals surface area contributed by atoms with Crippen LogP contribution in [-0.2, 0) is 5.41 Å². The van der Waals surface area contributed by atoms with Crippen molar-refractivity contribution in [2.75, 3.05) is 5.73 Å². The Morgan fingerprint density at radius 1 is 1.16 bits per heavy atom. The van der Waals surface area contributed by atoms with Crippen molar-refractivity contribution >= 4 is 22.8 Å². The fourth-order valence-electron chi connectivity index (χ4n) is 1.90. The highest BCUT2D eigenvalue weighted by Crippen LogP contribution is 2.31. The molecule has 0 unspecified atom stereocenters. The summed E-state index contributed by atoms with van der Waals surface area (Å²) in [6.07, 6.45) is 0. The van der Waals surface area contributed by atoms with Gasteiger partial charge in [0.1, 0.15) is 0 Å². The van der Waals surface area contributed by atoms with Gasteiger partial charge < -0.3 is 5.73 Å². The lowest BCUT2D eigenvalue weighted by Gasteiger charge is -2.15. The normalized spacial score (nSPS) is 11.6. The maximum Gasteiger partial charge on any atom is 0.203 e. The van der Waals surface area contributed by atoms with Crippen LogP contribution in [0.5, 0.6) is 0 Å². The Bertz CT molecular complexity index is 620. The van der Waals surface area contributed by atoms with Crippen molar-refractivity contribution < 1.29 is 4.79 Å². The van der Waals surface area contributed by atoms with Crippen LogP contribution in [0.4, 0.5) is 5.69 Å². The summed E-state index contributed by atoms with van der Waals surface area (Å²) in [5, 5.41) is 0. The molecule has 2 N–H and O–H groups in total. The van der Waals surface area contributed by atoms with E-state index in [0.717, 1.165) is 10.4 Å². The highest BCUT2D eigenvalue weighted by atomic mass is 32.1. The van der Waals surface area contributed by atoms with E-state index in [1.54, 1.807) is 11.3 Å². The van der Waals surface area contributed by atoms with E-state index in [4.69, 9.17) is 5.73 Å². The van der Waals surface area contributed by atoms with Gasteiger partial charge in [-0.1, -0.05) is 32.9 Å². The molecule has 0 aliphatic rings. The van der Waals surface area contributed by atoms with E-state index in [1.165, 1.54) is 4.88 Å². The molecule has 0 spiro atoms. The first-order valence-corrected chi connectivity index (χ1v) is 7.12. The molecule has 0 amide bonds. The van der Waals surface area contributed by atoms with Gasteiger partial charge in [0, 0.05) is 16.1 Å². The van der Waals surface area contributed by atoms with Crippen LogP contribution in [0.25, 0.3) is 0 Å². The minimum absolute atomic E-state index is 0.0605. The highest BCUT2D eigenvalue weighted by molar-refractivity contribution is 7.14. The van der Waals surface area contributed by atoms with Gasteiger partial charge in [0.25, 0.3) is 0 Å². The molecular formula is C16H19NOS. The number of carbonyl (C=O) groups excluding carboxylic acids is 1. The number of anilines is 1. The average molecular weight is 273 g/mol. The van der Waals surface area contributed by atoms with Crippen molar-refractivity contribution in [2.24, 2.45) is 0 Å². The molecule has 0 radical (unpaired) electrons. The van der Waals surface area contributed by atoms with E-state index in [2.05, 4.69) is 20.8 Å². The summed E-state index contributed by atoms with van der Waals surface area (Å²) in [5.41, 5.74) is 8.16. The van der Waals surface area contributed by atoms with Gasteiger partial charge in [-0.3, -0.25) is 4.79 Å². The molecule has 2 rings (SSSR count). The van der Waals surface area contributed by atoms with Gasteiger partial charge in [-0.2, -0.15) is 0 Å². The molecule has 19 heavy (non-hydrogen) atoms. The monoisotopic (exact) mass is 273 g/mol. The second-order valence-corrected chi connectivity index (χ2v) is 6.85. The molecule has 2 aromatic rings. The largest absolute Gasteiger partial charge is 0.398 e. The molecule has 2 nitrogen and oxygen atoms in total. The molecule has 0 atom stereocenters. The molecule has 0 saturated carbocycles. The lowest BCUT2D eigenvalue weighted by Crippen LogP contribution is -2.08. The fraction of sp³-hybridized carbons (Fsp3) is 0.312. The Labute approximate surface area is 118 Å². The standard InChI is InChI=1S/C16H19NOS/c1-10-11(6-5-7-12(10)17)15(18)13-8-9-14(19-13)16(2,3)4/h5-9H,17H2,1-4H3. The minimum Gasteiger partial charge on any atom is -0.398 e. The molecule has 0 aliphatic carbocycles. The number of nitrogen functional groups attached to an aromatic ring is 1. The number of rotatable bonds is 2. The predicted octanol–water partition coefficient (Wildman–Crippen LogP) is 4.17. The van der Waals surface area contributed by atoms with E-state index >= 15 is 0 Å². The molecule has 0 aliphatic heterocycles. The van der Waals surface area contributed by atoms with Gasteiger partial charge in [0.2, 0.25) is 5.78 Å². The molecule has 0 fully saturated rings. The summed E-state index contributed by atoms with van der Waals surface area (Å²) in [4.78, 5) is 14.5. The quantitative estimate of drug-likeness (QED) is 0.659. The zero-order valence-corrected chi connectivity index (χ0v) is 12.6. The SMILES string of the molecule is Cc1c(N)cccc1C(=O)c1ccc(C(C)(C)C)s1. The second-order valence-electron chi connectivity index (χ2n) is 5.76. The van der Waals surface area contributed by atoms with Crippen molar-refractivity contribution in [2.45, 2.75) is 33.1 Å². The number of hydrogen-bond donors (Lipinski definition) is 1. The number of ketones is 1. The Morgan fingerprint density at radius 3 is 2.42 bits per heavy atom. The van der Waals surface area contributed by atoms with Crippen molar-refractivity contribution in [3.8, 4) is 0 Å². The number of benzene rings is 1. The third-order valence-electron chi connectivity index (χ3n) is 3.19. The third kappa shape index (κ3) is 2.71. The molecule has 1 aromatic carbocycles. The van der Waals surface area contributed by atoms with Crippen LogP contribution in [0.3, 0.4) is 0 Å². The smallest absolute Gasteiger partial charge is 0.203 e. The first kappa shape index (κ1) is 13.8. The van der Waals surface area contributed by atoms with E-state index in [0.29, 0.717) is 11.3 Å². The zero-order valence-electron chi connectivity index (χ0n) is 11.8. The molecule has 0 saturated heterocycles. The van der Waals surface area contributed by atoms with Crippen molar-refractivity contribution in [3.05, 3.63) is 51.2 Å². The highest BCUT2D eigenvalue weighted by Gasteiger charge is 2.20. The molecular weight excluding hydrogens is 254 g/mol. The van der Waals surface area contributed by atoms with E-state index in [-0.39, 0.29) is 11.2 Å². The maximum absolute atomic E-state index is 12.5. The van der Waals surface area contributed by atoms with Gasteiger partial charge in [0.15, 0.2) is 0 Å². The van der Waals surface area contributed by atoms with Gasteiger partial charge in [-0.25, -0.2) is 0 Å². The van der Waals surface area contributed by atoms with Crippen LogP contribution in [-0.4, -0.2) is 5.78 Å². The van der Waals surface area contributed by atoms with Crippen LogP contribution in [0, 0.1) is 6.92 Å². The maximum atomic E-state index is 12.5. The van der Waals surface area contributed by atoms with Crippen LogP contribution < -0.4 is 5.73 Å². The average Bonchev–Trinajstić information content (AvgIpc) is 2.81. The lowest BCUT2D eigenvalue weighted by atomic mass is 9.95. The van der Waals surface area contributed by atoms with Crippen LogP contribution >= 0.6 is 11.3 Å². The Morgan fingerprint density at radius 2 is 1.84 bits per heavy atom. The molecule has 0 bridgehead atoms. The minimum atomic E-state index is 0.0605. The summed E-state index contributed by atoms with van der Waals surface area (Å²) in [7, 11) is 0. The predicted molar refractivity (Wildman–Crippen MR) is 82.0 cm³/mol. The van der Waals surface area contributed by atoms with Crippen LogP contribution in [0.2, 0.25) is 0 Å². The molecule has 1 aromatic heterocycles. The summed E-state index contributed by atoms with van der Waals surface area (Å²) < 4.78 is 0. The Kier molecular flexibility index (Phi) is 3.50. The molecule has 3 heteroatoms. The van der Waals surface area contributed by atoms with E-state index in [1.807, 2.05) is 37.3 Å². The zero-order chi connectivity index (χ0) is 14.2. The number of nitrogens with two attached hydrogens (primary N) is 1. The first-order valence-electron chi connectivity index (χ1n) is 6.31. The van der Waals surface area contributed by atoms with Crippen molar-refractivity contribution in [1.82, 2.24) is 0 Å². The second kappa shape index (κ2) is 4.82. The fourth-order valence-corrected chi connectivity index (χ4v) is 2.91.